The summed E-state index contributed by atoms with van der Waals surface area (Å²) < 4.78 is 53.6. The molecule has 0 N–H and O–H groups in total. The molecule has 6 heteroatoms. The van der Waals surface area contributed by atoms with Crippen molar-refractivity contribution in [2.24, 2.45) is 0 Å². The van der Waals surface area contributed by atoms with E-state index in [-0.39, 0.29) is 29.3 Å². The van der Waals surface area contributed by atoms with Gasteiger partial charge in [-0.1, -0.05) is 109 Å². The molecule has 0 bridgehead atoms. The van der Waals surface area contributed by atoms with Crippen LogP contribution in [0, 0.1) is 0 Å². The Labute approximate surface area is 302 Å². The summed E-state index contributed by atoms with van der Waals surface area (Å²) in [5.41, 5.74) is 5.74. The molecule has 11 aromatic rings. The van der Waals surface area contributed by atoms with Crippen molar-refractivity contribution in [3.05, 3.63) is 158 Å². The van der Waals surface area contributed by atoms with Crippen LogP contribution in [0.5, 0.6) is 0 Å². The number of fused-ring (bicyclic) bond motifs is 9. The van der Waals surface area contributed by atoms with Crippen molar-refractivity contribution in [1.82, 2.24) is 19.5 Å². The zero-order valence-corrected chi connectivity index (χ0v) is 27.5. The van der Waals surface area contributed by atoms with Gasteiger partial charge in [-0.15, -0.1) is 11.3 Å². The summed E-state index contributed by atoms with van der Waals surface area (Å²) >= 11 is 1.67. The molecule has 0 saturated carbocycles. The lowest BCUT2D eigenvalue weighted by molar-refractivity contribution is 0.668. The van der Waals surface area contributed by atoms with Crippen LogP contribution < -0.4 is 0 Å². The van der Waals surface area contributed by atoms with Crippen LogP contribution in [0.15, 0.2) is 162 Å². The summed E-state index contributed by atoms with van der Waals surface area (Å²) in [6.45, 7) is 0. The monoisotopic (exact) mass is 675 g/mol. The standard InChI is InChI=1S/C45H26N4OS/c1-2-11-27(12-3-1)43-46-44(28-21-23-33-32-15-6-9-20-40(32)51-41(33)25-28)48-45(47-43)35-16-10-19-38-42(35)34-24-22-29(26-39(34)50-38)49-36-17-7-4-13-30(36)31-14-5-8-18-37(31)49/h1-26H/i1D,2D,3D,11D,12D. The molecule has 0 radical (unpaired) electrons. The molecule has 11 rings (SSSR count). The van der Waals surface area contributed by atoms with Gasteiger partial charge in [0.25, 0.3) is 0 Å². The Hall–Kier alpha value is -6.63. The van der Waals surface area contributed by atoms with E-state index in [4.69, 9.17) is 26.2 Å². The zero-order chi connectivity index (χ0) is 37.8. The van der Waals surface area contributed by atoms with Crippen molar-refractivity contribution >= 4 is 75.3 Å². The Kier molecular flexibility index (Phi) is 5.08. The van der Waals surface area contributed by atoms with Gasteiger partial charge in [-0.05, 0) is 42.5 Å². The predicted octanol–water partition coefficient (Wildman–Crippen LogP) is 12.2. The van der Waals surface area contributed by atoms with Gasteiger partial charge in [-0.2, -0.15) is 0 Å². The van der Waals surface area contributed by atoms with E-state index >= 15 is 0 Å². The number of hydrogen-bond donors (Lipinski definition) is 0. The van der Waals surface area contributed by atoms with Crippen LogP contribution in [0.1, 0.15) is 6.85 Å². The topological polar surface area (TPSA) is 56.7 Å². The molecule has 0 aliphatic rings. The second-order valence-corrected chi connectivity index (χ2v) is 13.5. The van der Waals surface area contributed by atoms with Crippen LogP contribution >= 0.6 is 11.3 Å². The van der Waals surface area contributed by atoms with Gasteiger partial charge < -0.3 is 8.98 Å². The molecule has 4 heterocycles. The summed E-state index contributed by atoms with van der Waals surface area (Å²) in [6.07, 6.45) is 0. The fourth-order valence-corrected chi connectivity index (χ4v) is 8.45. The van der Waals surface area contributed by atoms with E-state index in [1.54, 1.807) is 11.3 Å². The molecular weight excluding hydrogens is 645 g/mol. The summed E-state index contributed by atoms with van der Waals surface area (Å²) in [4.78, 5) is 14.7. The van der Waals surface area contributed by atoms with E-state index in [0.717, 1.165) is 47.7 Å². The van der Waals surface area contributed by atoms with Crippen LogP contribution in [0.25, 0.3) is 104 Å². The van der Waals surface area contributed by atoms with Crippen LogP contribution in [0.4, 0.5) is 0 Å². The third kappa shape index (κ3) is 4.37. The third-order valence-corrected chi connectivity index (χ3v) is 10.7. The molecule has 5 nitrogen and oxygen atoms in total. The van der Waals surface area contributed by atoms with Crippen molar-refractivity contribution in [2.75, 3.05) is 0 Å². The molecule has 0 aliphatic heterocycles. The predicted molar refractivity (Wildman–Crippen MR) is 211 cm³/mol. The number of hydrogen-bond acceptors (Lipinski definition) is 5. The fourth-order valence-electron chi connectivity index (χ4n) is 7.30. The van der Waals surface area contributed by atoms with E-state index in [2.05, 4.69) is 77.4 Å². The summed E-state index contributed by atoms with van der Waals surface area (Å²) in [5, 5.41) is 6.27. The van der Waals surface area contributed by atoms with Gasteiger partial charge in [0.05, 0.1) is 17.9 Å². The molecule has 51 heavy (non-hydrogen) atoms. The Bertz CT molecular complexity index is 3380. The van der Waals surface area contributed by atoms with Crippen molar-refractivity contribution in [2.45, 2.75) is 0 Å². The van der Waals surface area contributed by atoms with E-state index in [1.807, 2.05) is 54.6 Å². The molecule has 0 spiro atoms. The Morgan fingerprint density at radius 3 is 1.98 bits per heavy atom. The lowest BCUT2D eigenvalue weighted by atomic mass is 10.0. The second kappa shape index (κ2) is 10.9. The number of nitrogens with zero attached hydrogens (tertiary/aromatic N) is 4. The van der Waals surface area contributed by atoms with Gasteiger partial charge in [-0.25, -0.2) is 15.0 Å². The van der Waals surface area contributed by atoms with Crippen molar-refractivity contribution in [3.63, 3.8) is 0 Å². The van der Waals surface area contributed by atoms with E-state index in [1.165, 1.54) is 10.8 Å². The van der Waals surface area contributed by atoms with E-state index in [0.29, 0.717) is 28.1 Å². The number of para-hydroxylation sites is 2. The Morgan fingerprint density at radius 1 is 0.510 bits per heavy atom. The minimum absolute atomic E-state index is 0.0168. The molecule has 0 atom stereocenters. The highest BCUT2D eigenvalue weighted by Gasteiger charge is 2.20. The Balaban J connectivity index is 1.14. The molecule has 0 aliphatic carbocycles. The summed E-state index contributed by atoms with van der Waals surface area (Å²) in [7, 11) is 0. The SMILES string of the molecule is [2H]c1c([2H])c([2H])c(-c2nc(-c3ccc4c(c3)sc3ccccc34)nc(-c3cccc4oc5cc(-n6c7ccccc7c7ccccc76)ccc5c34)n2)c([2H])c1[2H]. The molecule has 7 aromatic carbocycles. The third-order valence-electron chi connectivity index (χ3n) is 9.56. The maximum absolute atomic E-state index is 8.80. The fraction of sp³-hybridized carbons (Fsp3) is 0. The lowest BCUT2D eigenvalue weighted by Gasteiger charge is -2.10. The first-order valence-electron chi connectivity index (χ1n) is 19.0. The van der Waals surface area contributed by atoms with Gasteiger partial charge >= 0.3 is 0 Å². The molecule has 0 fully saturated rings. The highest BCUT2D eigenvalue weighted by molar-refractivity contribution is 7.25. The lowest BCUT2D eigenvalue weighted by Crippen LogP contribution is -2.00. The van der Waals surface area contributed by atoms with Gasteiger partial charge in [0.2, 0.25) is 0 Å². The molecule has 0 unspecified atom stereocenters. The number of thiophene rings is 1. The highest BCUT2D eigenvalue weighted by Crippen LogP contribution is 2.40. The quantitative estimate of drug-likeness (QED) is 0.186. The first-order valence-corrected chi connectivity index (χ1v) is 17.3. The molecule has 0 saturated heterocycles. The zero-order valence-electron chi connectivity index (χ0n) is 31.7. The normalized spacial score (nSPS) is 13.3. The molecular formula is C45H26N4OS. The molecule has 238 valence electrons. The number of benzene rings is 7. The highest BCUT2D eigenvalue weighted by atomic mass is 32.1. The number of aromatic nitrogens is 4. The smallest absolute Gasteiger partial charge is 0.164 e. The van der Waals surface area contributed by atoms with Gasteiger partial charge in [0.1, 0.15) is 11.2 Å². The van der Waals surface area contributed by atoms with E-state index < -0.39 is 18.1 Å². The summed E-state index contributed by atoms with van der Waals surface area (Å²) in [6, 6.07) is 40.8. The minimum Gasteiger partial charge on any atom is -0.456 e. The van der Waals surface area contributed by atoms with Gasteiger partial charge in [0.15, 0.2) is 17.5 Å². The van der Waals surface area contributed by atoms with Crippen LogP contribution in [0.2, 0.25) is 0 Å². The number of rotatable bonds is 4. The van der Waals surface area contributed by atoms with Crippen LogP contribution in [-0.2, 0) is 0 Å². The van der Waals surface area contributed by atoms with Crippen LogP contribution in [-0.4, -0.2) is 19.5 Å². The molecule has 0 amide bonds. The van der Waals surface area contributed by atoms with E-state index in [9.17, 15) is 0 Å². The van der Waals surface area contributed by atoms with Gasteiger partial charge in [0, 0.05) is 70.2 Å². The maximum Gasteiger partial charge on any atom is 0.164 e. The summed E-state index contributed by atoms with van der Waals surface area (Å²) in [5.74, 6) is 0.583. The number of furan rings is 1. The minimum atomic E-state index is -0.483. The van der Waals surface area contributed by atoms with Crippen molar-refractivity contribution in [1.29, 1.82) is 0 Å². The van der Waals surface area contributed by atoms with Crippen molar-refractivity contribution in [3.8, 4) is 39.9 Å². The maximum atomic E-state index is 8.80. The molecule has 4 aromatic heterocycles. The first-order chi connectivity index (χ1) is 27.3. The second-order valence-electron chi connectivity index (χ2n) is 12.4. The van der Waals surface area contributed by atoms with Crippen LogP contribution in [0.3, 0.4) is 0 Å². The Morgan fingerprint density at radius 2 is 1.18 bits per heavy atom. The average Bonchev–Trinajstić information content (AvgIpc) is 3.91. The first kappa shape index (κ1) is 23.7. The average molecular weight is 676 g/mol. The van der Waals surface area contributed by atoms with Gasteiger partial charge in [-0.3, -0.25) is 0 Å². The largest absolute Gasteiger partial charge is 0.456 e. The van der Waals surface area contributed by atoms with Crippen molar-refractivity contribution < 1.29 is 11.3 Å².